The van der Waals surface area contributed by atoms with Gasteiger partial charge in [0.15, 0.2) is 5.78 Å². The van der Waals surface area contributed by atoms with Gasteiger partial charge in [0.1, 0.15) is 6.07 Å². The molecule has 2 aromatic rings. The molecule has 148 valence electrons. The number of Topliss-reactive ketones (excluding diaryl/α,β-unsaturated/α-hetero) is 1. The van der Waals surface area contributed by atoms with E-state index in [0.29, 0.717) is 0 Å². The molecule has 0 bridgehead atoms. The van der Waals surface area contributed by atoms with Crippen molar-refractivity contribution >= 4 is 40.1 Å². The Morgan fingerprint density at radius 1 is 1.28 bits per heavy atom. The van der Waals surface area contributed by atoms with E-state index in [4.69, 9.17) is 22.1 Å². The monoisotopic (exact) mass is 414 g/mol. The van der Waals surface area contributed by atoms with Crippen LogP contribution in [0.4, 0.5) is 11.4 Å². The van der Waals surface area contributed by atoms with Crippen LogP contribution in [-0.2, 0) is 0 Å². The van der Waals surface area contributed by atoms with E-state index in [1.54, 1.807) is 6.07 Å². The van der Waals surface area contributed by atoms with E-state index < -0.39 is 10.9 Å². The summed E-state index contributed by atoms with van der Waals surface area (Å²) in [5.41, 5.74) is 0.0852. The van der Waals surface area contributed by atoms with Gasteiger partial charge in [0.2, 0.25) is 5.17 Å². The Hall–Kier alpha value is -3.95. The van der Waals surface area contributed by atoms with Gasteiger partial charge in [0.25, 0.3) is 5.69 Å². The number of hydrogen-bond donors (Lipinski definition) is 3. The first kappa shape index (κ1) is 21.4. The molecular weight excluding hydrogens is 400 g/mol. The molecule has 29 heavy (non-hydrogen) atoms. The molecule has 0 saturated heterocycles. The fourth-order valence-electron chi connectivity index (χ4n) is 2.22. The third-order valence-electron chi connectivity index (χ3n) is 3.68. The summed E-state index contributed by atoms with van der Waals surface area (Å²) in [5.74, 6) is 9.57. The SMILES string of the molecule is N#Cc1cc(N(N)/C(=N\N)SCC(=O)c2ccc([N+](=O)[O-])cc2)ccc1C(=O)O. The maximum absolute atomic E-state index is 12.3. The summed E-state index contributed by atoms with van der Waals surface area (Å²) in [6.07, 6.45) is 0. The van der Waals surface area contributed by atoms with E-state index in [1.807, 2.05) is 0 Å². The molecule has 0 aliphatic heterocycles. The lowest BCUT2D eigenvalue weighted by atomic mass is 10.1. The van der Waals surface area contributed by atoms with Crippen molar-refractivity contribution in [2.45, 2.75) is 0 Å². The maximum atomic E-state index is 12.3. The molecule has 0 atom stereocenters. The number of carboxylic acid groups (broad SMARTS) is 1. The molecule has 0 heterocycles. The fraction of sp³-hybridized carbons (Fsp3) is 0.0588. The van der Waals surface area contributed by atoms with Crippen LogP contribution in [0, 0.1) is 21.4 Å². The standard InChI is InChI=1S/C17H14N6O5S/c18-8-11-7-13(5-6-14(11)16(25)26)22(20)17(21-19)29-9-15(24)10-1-3-12(4-2-10)23(27)28/h1-7H,9,19-20H2,(H,25,26)/b21-17+. The van der Waals surface area contributed by atoms with Gasteiger partial charge in [-0.25, -0.2) is 10.6 Å². The highest BCUT2D eigenvalue weighted by Crippen LogP contribution is 2.21. The molecule has 0 aromatic heterocycles. The number of nitro benzene ring substituents is 1. The number of carboxylic acids is 1. The van der Waals surface area contributed by atoms with Gasteiger partial charge in [-0.3, -0.25) is 19.9 Å². The van der Waals surface area contributed by atoms with Crippen LogP contribution in [0.25, 0.3) is 0 Å². The zero-order valence-electron chi connectivity index (χ0n) is 14.7. The number of thioether (sulfide) groups is 1. The predicted octanol–water partition coefficient (Wildman–Crippen LogP) is 1.69. The first-order valence-electron chi connectivity index (χ1n) is 7.79. The van der Waals surface area contributed by atoms with Crippen molar-refractivity contribution in [3.63, 3.8) is 0 Å². The van der Waals surface area contributed by atoms with Crippen molar-refractivity contribution in [1.82, 2.24) is 0 Å². The van der Waals surface area contributed by atoms with Gasteiger partial charge in [-0.05, 0) is 30.3 Å². The molecular formula is C17H14N6O5S. The lowest BCUT2D eigenvalue weighted by molar-refractivity contribution is -0.384. The van der Waals surface area contributed by atoms with Crippen molar-refractivity contribution in [3.8, 4) is 6.07 Å². The van der Waals surface area contributed by atoms with Crippen LogP contribution >= 0.6 is 11.8 Å². The van der Waals surface area contributed by atoms with E-state index >= 15 is 0 Å². The normalized spacial score (nSPS) is 10.8. The quantitative estimate of drug-likeness (QED) is 0.157. The maximum Gasteiger partial charge on any atom is 0.337 e. The summed E-state index contributed by atoms with van der Waals surface area (Å²) in [6.45, 7) is 0. The molecule has 0 aliphatic carbocycles. The molecule has 0 fully saturated rings. The van der Waals surface area contributed by atoms with Crippen molar-refractivity contribution in [2.75, 3.05) is 10.8 Å². The third-order valence-corrected chi connectivity index (χ3v) is 4.65. The number of carbonyl (C=O) groups is 2. The largest absolute Gasteiger partial charge is 0.478 e. The average Bonchev–Trinajstić information content (AvgIpc) is 2.73. The number of carbonyl (C=O) groups excluding carboxylic acids is 1. The van der Waals surface area contributed by atoms with Crippen LogP contribution in [0.15, 0.2) is 47.6 Å². The summed E-state index contributed by atoms with van der Waals surface area (Å²) in [4.78, 5) is 33.5. The number of nitro groups is 1. The second-order valence-electron chi connectivity index (χ2n) is 5.44. The Balaban J connectivity index is 2.11. The summed E-state index contributed by atoms with van der Waals surface area (Å²) < 4.78 is 0. The van der Waals surface area contributed by atoms with Crippen LogP contribution in [-0.4, -0.2) is 32.7 Å². The van der Waals surface area contributed by atoms with Crippen molar-refractivity contribution < 1.29 is 19.6 Å². The smallest absolute Gasteiger partial charge is 0.337 e. The number of hydrogen-bond acceptors (Lipinski definition) is 9. The molecule has 11 nitrogen and oxygen atoms in total. The van der Waals surface area contributed by atoms with Gasteiger partial charge in [-0.15, -0.1) is 0 Å². The molecule has 0 amide bonds. The Morgan fingerprint density at radius 2 is 1.93 bits per heavy atom. The highest BCUT2D eigenvalue weighted by atomic mass is 32.2. The van der Waals surface area contributed by atoms with Crippen LogP contribution in [0.1, 0.15) is 26.3 Å². The van der Waals surface area contributed by atoms with E-state index in [9.17, 15) is 19.7 Å². The number of aromatic carboxylic acids is 1. The molecule has 0 aliphatic rings. The van der Waals surface area contributed by atoms with Gasteiger partial charge >= 0.3 is 5.97 Å². The number of amidine groups is 1. The van der Waals surface area contributed by atoms with Crippen LogP contribution < -0.4 is 16.7 Å². The number of rotatable bonds is 6. The number of hydrazone groups is 1. The number of benzene rings is 2. The van der Waals surface area contributed by atoms with E-state index in [2.05, 4.69) is 5.10 Å². The second-order valence-corrected chi connectivity index (χ2v) is 6.39. The number of ketones is 1. The van der Waals surface area contributed by atoms with Gasteiger partial charge in [0.05, 0.1) is 27.5 Å². The summed E-state index contributed by atoms with van der Waals surface area (Å²) in [6, 6.07) is 10.7. The van der Waals surface area contributed by atoms with Crippen LogP contribution in [0.5, 0.6) is 0 Å². The zero-order valence-corrected chi connectivity index (χ0v) is 15.5. The first-order valence-corrected chi connectivity index (χ1v) is 8.77. The van der Waals surface area contributed by atoms with E-state index in [-0.39, 0.29) is 44.8 Å². The molecule has 12 heteroatoms. The molecule has 0 radical (unpaired) electrons. The predicted molar refractivity (Wildman–Crippen MR) is 106 cm³/mol. The van der Waals surface area contributed by atoms with Crippen LogP contribution in [0.3, 0.4) is 0 Å². The minimum absolute atomic E-state index is 0.0345. The number of hydrazine groups is 1. The Kier molecular flexibility index (Phi) is 6.85. The highest BCUT2D eigenvalue weighted by molar-refractivity contribution is 8.14. The fourth-order valence-corrected chi connectivity index (χ4v) is 2.97. The van der Waals surface area contributed by atoms with Gasteiger partial charge in [-0.2, -0.15) is 10.4 Å². The van der Waals surface area contributed by atoms with Gasteiger partial charge in [0, 0.05) is 17.7 Å². The van der Waals surface area contributed by atoms with Crippen molar-refractivity contribution in [1.29, 1.82) is 5.26 Å². The average molecular weight is 414 g/mol. The summed E-state index contributed by atoms with van der Waals surface area (Å²) in [5, 5.41) is 33.4. The molecule has 2 aromatic carbocycles. The summed E-state index contributed by atoms with van der Waals surface area (Å²) >= 11 is 0.905. The molecule has 0 unspecified atom stereocenters. The lowest BCUT2D eigenvalue weighted by Gasteiger charge is -2.19. The minimum Gasteiger partial charge on any atom is -0.478 e. The van der Waals surface area contributed by atoms with E-state index in [0.717, 1.165) is 16.8 Å². The molecule has 2 rings (SSSR count). The number of anilines is 1. The van der Waals surface area contributed by atoms with Crippen molar-refractivity contribution in [3.05, 3.63) is 69.3 Å². The highest BCUT2D eigenvalue weighted by Gasteiger charge is 2.17. The minimum atomic E-state index is -1.26. The topological polar surface area (TPSA) is 189 Å². The van der Waals surface area contributed by atoms with Crippen molar-refractivity contribution in [2.24, 2.45) is 16.8 Å². The van der Waals surface area contributed by atoms with Crippen LogP contribution in [0.2, 0.25) is 0 Å². The number of nitriles is 1. The summed E-state index contributed by atoms with van der Waals surface area (Å²) in [7, 11) is 0. The molecule has 5 N–H and O–H groups in total. The Morgan fingerprint density at radius 3 is 2.45 bits per heavy atom. The van der Waals surface area contributed by atoms with E-state index in [1.165, 1.54) is 42.5 Å². The zero-order chi connectivity index (χ0) is 21.6. The number of nitrogens with zero attached hydrogens (tertiary/aromatic N) is 4. The second kappa shape index (κ2) is 9.31. The molecule has 0 saturated carbocycles. The lowest BCUT2D eigenvalue weighted by Crippen LogP contribution is -2.37. The number of nitrogens with two attached hydrogens (primary N) is 2. The Bertz CT molecular complexity index is 1030. The third kappa shape index (κ3) is 5.06. The Labute approximate surface area is 168 Å². The molecule has 0 spiro atoms. The first-order chi connectivity index (χ1) is 13.8. The number of non-ortho nitro benzene ring substituents is 1. The van der Waals surface area contributed by atoms with Gasteiger partial charge in [-0.1, -0.05) is 11.8 Å². The van der Waals surface area contributed by atoms with Gasteiger partial charge < -0.3 is 10.9 Å².